The summed E-state index contributed by atoms with van der Waals surface area (Å²) in [6.07, 6.45) is 0. The van der Waals surface area contributed by atoms with Gasteiger partial charge >= 0.3 is 6.62 Å². The zero-order valence-corrected chi connectivity index (χ0v) is 8.84. The molecular formula is C10H11BN3O2-. The van der Waals surface area contributed by atoms with Gasteiger partial charge in [0.1, 0.15) is 0 Å². The average molecular weight is 216 g/mol. The van der Waals surface area contributed by atoms with Crippen LogP contribution in [0.15, 0.2) is 29.4 Å². The first kappa shape index (κ1) is 9.56. The maximum Gasteiger partial charge on any atom is 0.334 e. The third kappa shape index (κ3) is 1.03. The third-order valence-electron chi connectivity index (χ3n) is 3.19. The van der Waals surface area contributed by atoms with E-state index in [0.29, 0.717) is 0 Å². The SMILES string of the molecule is CC1=NN2C(=O)CN[B@-]2(O)c2ccccc21. The van der Waals surface area contributed by atoms with Crippen LogP contribution in [-0.4, -0.2) is 34.7 Å². The van der Waals surface area contributed by atoms with Crippen LogP contribution in [0.2, 0.25) is 0 Å². The van der Waals surface area contributed by atoms with Crippen molar-refractivity contribution >= 4 is 23.7 Å². The van der Waals surface area contributed by atoms with E-state index >= 15 is 0 Å². The van der Waals surface area contributed by atoms with Gasteiger partial charge in [-0.1, -0.05) is 24.3 Å². The Labute approximate surface area is 92.7 Å². The minimum absolute atomic E-state index is 0.127. The highest BCUT2D eigenvalue weighted by Crippen LogP contribution is 2.19. The molecule has 2 heterocycles. The van der Waals surface area contributed by atoms with E-state index in [0.717, 1.165) is 16.7 Å². The van der Waals surface area contributed by atoms with Gasteiger partial charge in [0.05, 0.1) is 5.71 Å². The molecule has 1 aromatic carbocycles. The Bertz CT molecular complexity index is 517. The van der Waals surface area contributed by atoms with Gasteiger partial charge in [-0.3, -0.25) is 4.79 Å². The van der Waals surface area contributed by atoms with E-state index in [9.17, 15) is 9.82 Å². The Kier molecular flexibility index (Phi) is 1.75. The minimum Gasteiger partial charge on any atom is -0.570 e. The number of carbonyl (C=O) groups is 1. The van der Waals surface area contributed by atoms with E-state index < -0.39 is 6.62 Å². The van der Waals surface area contributed by atoms with Gasteiger partial charge in [0.15, 0.2) is 0 Å². The monoisotopic (exact) mass is 216 g/mol. The molecule has 0 aromatic heterocycles. The molecule has 6 heteroatoms. The van der Waals surface area contributed by atoms with Gasteiger partial charge in [-0.15, -0.1) is 5.46 Å². The summed E-state index contributed by atoms with van der Waals surface area (Å²) < 4.78 is 0. The molecule has 1 saturated heterocycles. The van der Waals surface area contributed by atoms with E-state index in [1.54, 1.807) is 0 Å². The van der Waals surface area contributed by atoms with Crippen LogP contribution in [0.3, 0.4) is 0 Å². The number of rotatable bonds is 0. The van der Waals surface area contributed by atoms with E-state index in [1.165, 1.54) is 4.92 Å². The molecule has 0 aliphatic carbocycles. The quantitative estimate of drug-likeness (QED) is 0.546. The summed E-state index contributed by atoms with van der Waals surface area (Å²) in [5.74, 6) is -0.198. The summed E-state index contributed by atoms with van der Waals surface area (Å²) in [6, 6.07) is 7.46. The zero-order valence-electron chi connectivity index (χ0n) is 8.84. The fourth-order valence-electron chi connectivity index (χ4n) is 2.38. The number of hydrogen-bond acceptors (Lipinski definition) is 4. The first-order chi connectivity index (χ1) is 7.63. The van der Waals surface area contributed by atoms with E-state index in [4.69, 9.17) is 0 Å². The van der Waals surface area contributed by atoms with Crippen molar-refractivity contribution in [3.05, 3.63) is 29.8 Å². The van der Waals surface area contributed by atoms with Crippen LogP contribution in [0.25, 0.3) is 0 Å². The van der Waals surface area contributed by atoms with Gasteiger partial charge in [-0.25, -0.2) is 5.10 Å². The molecule has 0 unspecified atom stereocenters. The third-order valence-corrected chi connectivity index (χ3v) is 3.19. The van der Waals surface area contributed by atoms with Crippen molar-refractivity contribution in [2.24, 2.45) is 5.10 Å². The second-order valence-corrected chi connectivity index (χ2v) is 4.17. The lowest BCUT2D eigenvalue weighted by Crippen LogP contribution is -2.68. The fourth-order valence-corrected chi connectivity index (χ4v) is 2.38. The van der Waals surface area contributed by atoms with Crippen molar-refractivity contribution < 1.29 is 9.82 Å². The van der Waals surface area contributed by atoms with Gasteiger partial charge in [-0.2, -0.15) is 0 Å². The van der Waals surface area contributed by atoms with Gasteiger partial charge < -0.3 is 15.2 Å². The molecule has 1 amide bonds. The van der Waals surface area contributed by atoms with Crippen molar-refractivity contribution in [2.45, 2.75) is 6.92 Å². The number of hydrogen-bond donors (Lipinski definition) is 2. The standard InChI is InChI=1S/C10H11BN3O2/c1-7-8-4-2-3-5-9(8)11(16)12-6-10(15)14(11)13-7/h2-5,12,16H,6H2,1H3/q-1/t11-/m1/s1. The smallest absolute Gasteiger partial charge is 0.334 e. The number of benzene rings is 1. The lowest BCUT2D eigenvalue weighted by molar-refractivity contribution is -0.124. The van der Waals surface area contributed by atoms with Crippen molar-refractivity contribution in [1.29, 1.82) is 0 Å². The molecule has 2 aliphatic rings. The molecule has 1 atom stereocenters. The summed E-state index contributed by atoms with van der Waals surface area (Å²) in [4.78, 5) is 12.8. The molecule has 0 bridgehead atoms. The Morgan fingerprint density at radius 3 is 3.06 bits per heavy atom. The van der Waals surface area contributed by atoms with Gasteiger partial charge in [0.25, 0.3) is 0 Å². The Morgan fingerprint density at radius 2 is 2.25 bits per heavy atom. The second kappa shape index (κ2) is 2.93. The van der Waals surface area contributed by atoms with Crippen LogP contribution < -0.4 is 10.7 Å². The minimum atomic E-state index is -2.20. The van der Waals surface area contributed by atoms with E-state index in [-0.39, 0.29) is 12.5 Å². The first-order valence-corrected chi connectivity index (χ1v) is 5.23. The molecule has 1 fully saturated rings. The molecule has 5 nitrogen and oxygen atoms in total. The summed E-state index contributed by atoms with van der Waals surface area (Å²) in [5, 5.41) is 17.5. The van der Waals surface area contributed by atoms with Gasteiger partial charge in [0, 0.05) is 6.54 Å². The molecule has 1 aromatic rings. The maximum absolute atomic E-state index is 11.6. The number of fused-ring (bicyclic) bond motifs is 3. The molecular weight excluding hydrogens is 205 g/mol. The lowest BCUT2D eigenvalue weighted by atomic mass is 9.56. The fraction of sp³-hybridized carbons (Fsp3) is 0.200. The molecule has 2 N–H and O–H groups in total. The Balaban J connectivity index is 2.27. The summed E-state index contributed by atoms with van der Waals surface area (Å²) >= 11 is 0. The number of nitrogens with one attached hydrogen (secondary N) is 1. The molecule has 16 heavy (non-hydrogen) atoms. The summed E-state index contributed by atoms with van der Waals surface area (Å²) in [6.45, 7) is -0.240. The Hall–Kier alpha value is -1.66. The number of hydrazone groups is 1. The highest BCUT2D eigenvalue weighted by Gasteiger charge is 2.44. The molecule has 2 aliphatic heterocycles. The Morgan fingerprint density at radius 1 is 1.50 bits per heavy atom. The maximum atomic E-state index is 11.6. The lowest BCUT2D eigenvalue weighted by Gasteiger charge is -2.42. The van der Waals surface area contributed by atoms with Crippen LogP contribution in [0.5, 0.6) is 0 Å². The van der Waals surface area contributed by atoms with E-state index in [2.05, 4.69) is 10.3 Å². The first-order valence-electron chi connectivity index (χ1n) is 5.23. The predicted octanol–water partition coefficient (Wildman–Crippen LogP) is -1.01. The van der Waals surface area contributed by atoms with E-state index in [1.807, 2.05) is 31.2 Å². The van der Waals surface area contributed by atoms with Crippen molar-refractivity contribution in [2.75, 3.05) is 6.54 Å². The molecule has 82 valence electrons. The predicted molar refractivity (Wildman–Crippen MR) is 61.1 cm³/mol. The number of nitrogens with zero attached hydrogens (tertiary/aromatic N) is 2. The van der Waals surface area contributed by atoms with Crippen molar-refractivity contribution in [3.63, 3.8) is 0 Å². The topological polar surface area (TPSA) is 64.9 Å². The van der Waals surface area contributed by atoms with Crippen LogP contribution in [0, 0.1) is 0 Å². The number of amides is 1. The summed E-state index contributed by atoms with van der Waals surface area (Å²) in [5.41, 5.74) is 2.38. The molecule has 0 spiro atoms. The van der Waals surface area contributed by atoms with Crippen LogP contribution in [-0.2, 0) is 4.79 Å². The average Bonchev–Trinajstić information content (AvgIpc) is 2.59. The van der Waals surface area contributed by atoms with Crippen LogP contribution in [0.1, 0.15) is 12.5 Å². The van der Waals surface area contributed by atoms with Gasteiger partial charge in [-0.05, 0) is 12.5 Å². The highest BCUT2D eigenvalue weighted by atomic mass is 16.3. The van der Waals surface area contributed by atoms with Crippen molar-refractivity contribution in [1.82, 2.24) is 10.1 Å². The van der Waals surface area contributed by atoms with Crippen LogP contribution in [0.4, 0.5) is 0 Å². The normalized spacial score (nSPS) is 27.5. The van der Waals surface area contributed by atoms with Crippen molar-refractivity contribution in [3.8, 4) is 0 Å². The molecule has 3 rings (SSSR count). The summed E-state index contributed by atoms with van der Waals surface area (Å²) in [7, 11) is 0. The second-order valence-electron chi connectivity index (χ2n) is 4.17. The van der Waals surface area contributed by atoms with Crippen LogP contribution >= 0.6 is 0 Å². The largest absolute Gasteiger partial charge is 0.570 e. The molecule has 0 radical (unpaired) electrons. The number of carbonyl (C=O) groups excluding carboxylic acids is 1. The highest BCUT2D eigenvalue weighted by molar-refractivity contribution is 6.85. The zero-order chi connectivity index (χ0) is 11.3. The van der Waals surface area contributed by atoms with Gasteiger partial charge in [0.2, 0.25) is 5.91 Å². The molecule has 0 saturated carbocycles.